The molecule has 0 aliphatic heterocycles. The number of ether oxygens (including phenoxy) is 2. The van der Waals surface area contributed by atoms with E-state index in [4.69, 9.17) is 9.47 Å². The number of hydrogen-bond acceptors (Lipinski definition) is 5. The Morgan fingerprint density at radius 1 is 1.25 bits per heavy atom. The molecule has 3 aromatic rings. The minimum Gasteiger partial charge on any atom is -0.465 e. The van der Waals surface area contributed by atoms with Crippen LogP contribution in [0.2, 0.25) is 0 Å². The Labute approximate surface area is 162 Å². The molecule has 150 valence electrons. The standard InChI is InChI=1S/C20H25FN4O3/c1-4-18-23-24-20(28-12-19(26)22-8-5-9-27-13(2)3)17-11-14-10-15(21)6-7-16(14)25(17)18/h6-7,10-11,13H,4-5,8-9,12H2,1-3H3,(H,22,26). The van der Waals surface area contributed by atoms with E-state index in [1.807, 2.05) is 25.2 Å². The summed E-state index contributed by atoms with van der Waals surface area (Å²) in [7, 11) is 0. The molecule has 2 aromatic heterocycles. The molecule has 0 aliphatic carbocycles. The van der Waals surface area contributed by atoms with Gasteiger partial charge in [0.05, 0.1) is 11.6 Å². The average molecular weight is 388 g/mol. The summed E-state index contributed by atoms with van der Waals surface area (Å²) in [6.07, 6.45) is 1.57. The summed E-state index contributed by atoms with van der Waals surface area (Å²) < 4.78 is 26.5. The predicted octanol–water partition coefficient (Wildman–Crippen LogP) is 2.89. The summed E-state index contributed by atoms with van der Waals surface area (Å²) in [5.74, 6) is 0.419. The topological polar surface area (TPSA) is 77.8 Å². The molecule has 7 nitrogen and oxygen atoms in total. The smallest absolute Gasteiger partial charge is 0.258 e. The molecule has 0 bridgehead atoms. The van der Waals surface area contributed by atoms with E-state index in [2.05, 4.69) is 15.5 Å². The highest BCUT2D eigenvalue weighted by molar-refractivity contribution is 5.89. The molecule has 2 heterocycles. The van der Waals surface area contributed by atoms with Gasteiger partial charge in [0.15, 0.2) is 6.61 Å². The van der Waals surface area contributed by atoms with Crippen LogP contribution in [0.15, 0.2) is 24.3 Å². The second-order valence-corrected chi connectivity index (χ2v) is 6.75. The second-order valence-electron chi connectivity index (χ2n) is 6.75. The summed E-state index contributed by atoms with van der Waals surface area (Å²) in [4.78, 5) is 12.0. The van der Waals surface area contributed by atoms with Gasteiger partial charge in [-0.1, -0.05) is 6.92 Å². The van der Waals surface area contributed by atoms with Crippen LogP contribution in [0.4, 0.5) is 4.39 Å². The minimum absolute atomic E-state index is 0.170. The van der Waals surface area contributed by atoms with E-state index in [0.717, 1.165) is 23.1 Å². The van der Waals surface area contributed by atoms with Gasteiger partial charge in [0.25, 0.3) is 11.8 Å². The Balaban J connectivity index is 1.70. The number of hydrogen-bond donors (Lipinski definition) is 1. The second kappa shape index (κ2) is 8.97. The molecular formula is C20H25FN4O3. The van der Waals surface area contributed by atoms with E-state index in [-0.39, 0.29) is 30.3 Å². The fourth-order valence-corrected chi connectivity index (χ4v) is 2.96. The molecule has 0 atom stereocenters. The maximum atomic E-state index is 13.6. The lowest BCUT2D eigenvalue weighted by molar-refractivity contribution is -0.123. The SMILES string of the molecule is CCc1nnc(OCC(=O)NCCCOC(C)C)c2cc3cc(F)ccc3n12. The number of amides is 1. The highest BCUT2D eigenvalue weighted by Gasteiger charge is 2.15. The molecule has 28 heavy (non-hydrogen) atoms. The van der Waals surface area contributed by atoms with Crippen molar-refractivity contribution < 1.29 is 18.7 Å². The normalized spacial score (nSPS) is 11.5. The summed E-state index contributed by atoms with van der Waals surface area (Å²) in [6.45, 7) is 6.84. The lowest BCUT2D eigenvalue weighted by Crippen LogP contribution is -2.30. The van der Waals surface area contributed by atoms with Crippen molar-refractivity contribution >= 4 is 22.3 Å². The first-order valence-electron chi connectivity index (χ1n) is 9.47. The van der Waals surface area contributed by atoms with Crippen molar-refractivity contribution in [3.63, 3.8) is 0 Å². The highest BCUT2D eigenvalue weighted by Crippen LogP contribution is 2.27. The molecule has 0 saturated heterocycles. The summed E-state index contributed by atoms with van der Waals surface area (Å²) in [6, 6.07) is 6.36. The number of carbonyl (C=O) groups excluding carboxylic acids is 1. The van der Waals surface area contributed by atoms with Crippen LogP contribution < -0.4 is 10.1 Å². The largest absolute Gasteiger partial charge is 0.465 e. The van der Waals surface area contributed by atoms with Gasteiger partial charge in [-0.2, -0.15) is 0 Å². The van der Waals surface area contributed by atoms with Crippen molar-refractivity contribution in [2.45, 2.75) is 39.7 Å². The lowest BCUT2D eigenvalue weighted by atomic mass is 10.2. The zero-order valence-electron chi connectivity index (χ0n) is 16.4. The molecule has 0 spiro atoms. The fourth-order valence-electron chi connectivity index (χ4n) is 2.96. The first-order chi connectivity index (χ1) is 13.5. The molecule has 0 fully saturated rings. The van der Waals surface area contributed by atoms with Gasteiger partial charge < -0.3 is 14.8 Å². The molecule has 0 aliphatic rings. The monoisotopic (exact) mass is 388 g/mol. The van der Waals surface area contributed by atoms with E-state index in [1.54, 1.807) is 12.1 Å². The molecule has 3 rings (SSSR count). The van der Waals surface area contributed by atoms with E-state index < -0.39 is 0 Å². The van der Waals surface area contributed by atoms with Crippen LogP contribution in [-0.2, 0) is 16.0 Å². The van der Waals surface area contributed by atoms with Crippen LogP contribution in [0.1, 0.15) is 33.0 Å². The molecule has 1 amide bonds. The number of benzene rings is 1. The summed E-state index contributed by atoms with van der Waals surface area (Å²) in [5.41, 5.74) is 1.48. The Morgan fingerprint density at radius 2 is 2.07 bits per heavy atom. The zero-order valence-corrected chi connectivity index (χ0v) is 16.4. The van der Waals surface area contributed by atoms with Crippen LogP contribution >= 0.6 is 0 Å². The van der Waals surface area contributed by atoms with Crippen molar-refractivity contribution in [1.29, 1.82) is 0 Å². The van der Waals surface area contributed by atoms with E-state index >= 15 is 0 Å². The van der Waals surface area contributed by atoms with Crippen LogP contribution in [-0.4, -0.2) is 46.4 Å². The third-order valence-corrected chi connectivity index (χ3v) is 4.25. The van der Waals surface area contributed by atoms with E-state index in [9.17, 15) is 9.18 Å². The van der Waals surface area contributed by atoms with Gasteiger partial charge >= 0.3 is 0 Å². The number of carbonyl (C=O) groups is 1. The lowest BCUT2D eigenvalue weighted by Gasteiger charge is -2.10. The number of aromatic nitrogens is 3. The third kappa shape index (κ3) is 4.56. The summed E-state index contributed by atoms with van der Waals surface area (Å²) >= 11 is 0. The first-order valence-corrected chi connectivity index (χ1v) is 9.47. The average Bonchev–Trinajstić information content (AvgIpc) is 3.04. The molecule has 1 N–H and O–H groups in total. The number of aryl methyl sites for hydroxylation is 1. The van der Waals surface area contributed by atoms with Gasteiger partial charge in [0.2, 0.25) is 0 Å². The Bertz CT molecular complexity index is 971. The van der Waals surface area contributed by atoms with Crippen LogP contribution in [0, 0.1) is 5.82 Å². The van der Waals surface area contributed by atoms with Gasteiger partial charge in [-0.05, 0) is 44.5 Å². The van der Waals surface area contributed by atoms with Gasteiger partial charge in [-0.3, -0.25) is 9.20 Å². The van der Waals surface area contributed by atoms with Gasteiger partial charge in [-0.15, -0.1) is 10.2 Å². The molecular weight excluding hydrogens is 363 g/mol. The Hall–Kier alpha value is -2.74. The van der Waals surface area contributed by atoms with Gasteiger partial charge in [0.1, 0.15) is 17.2 Å². The number of rotatable bonds is 9. The van der Waals surface area contributed by atoms with Crippen LogP contribution in [0.5, 0.6) is 5.88 Å². The molecule has 8 heteroatoms. The van der Waals surface area contributed by atoms with E-state index in [0.29, 0.717) is 25.1 Å². The fraction of sp³-hybridized carbons (Fsp3) is 0.450. The van der Waals surface area contributed by atoms with Crippen molar-refractivity contribution in [2.75, 3.05) is 19.8 Å². The maximum Gasteiger partial charge on any atom is 0.258 e. The van der Waals surface area contributed by atoms with Crippen molar-refractivity contribution in [3.8, 4) is 5.88 Å². The molecule has 1 aromatic carbocycles. The molecule has 0 radical (unpaired) electrons. The molecule has 0 saturated carbocycles. The third-order valence-electron chi connectivity index (χ3n) is 4.25. The summed E-state index contributed by atoms with van der Waals surface area (Å²) in [5, 5.41) is 11.8. The zero-order chi connectivity index (χ0) is 20.1. The Kier molecular flexibility index (Phi) is 6.41. The maximum absolute atomic E-state index is 13.6. The highest BCUT2D eigenvalue weighted by atomic mass is 19.1. The predicted molar refractivity (Wildman–Crippen MR) is 104 cm³/mol. The van der Waals surface area contributed by atoms with Crippen LogP contribution in [0.3, 0.4) is 0 Å². The number of nitrogens with zero attached hydrogens (tertiary/aromatic N) is 3. The quantitative estimate of drug-likeness (QED) is 0.571. The van der Waals surface area contributed by atoms with Gasteiger partial charge in [-0.25, -0.2) is 4.39 Å². The van der Waals surface area contributed by atoms with Crippen LogP contribution in [0.25, 0.3) is 16.4 Å². The number of halogens is 1. The van der Waals surface area contributed by atoms with Gasteiger partial charge in [0, 0.05) is 25.0 Å². The van der Waals surface area contributed by atoms with Crippen molar-refractivity contribution in [2.24, 2.45) is 0 Å². The number of fused-ring (bicyclic) bond motifs is 3. The van der Waals surface area contributed by atoms with Crippen molar-refractivity contribution in [3.05, 3.63) is 35.9 Å². The first kappa shape index (κ1) is 20.0. The Morgan fingerprint density at radius 3 is 2.82 bits per heavy atom. The van der Waals surface area contributed by atoms with E-state index in [1.165, 1.54) is 12.1 Å². The number of nitrogens with one attached hydrogen (secondary N) is 1. The van der Waals surface area contributed by atoms with Crippen molar-refractivity contribution in [1.82, 2.24) is 19.9 Å². The molecule has 0 unspecified atom stereocenters. The minimum atomic E-state index is -0.314.